The van der Waals surface area contributed by atoms with E-state index < -0.39 is 0 Å². The number of carbonyl (C=O) groups is 1. The van der Waals surface area contributed by atoms with Gasteiger partial charge in [-0.1, -0.05) is 13.8 Å². The van der Waals surface area contributed by atoms with E-state index in [4.69, 9.17) is 4.74 Å². The summed E-state index contributed by atoms with van der Waals surface area (Å²) in [4.78, 5) is 12.0. The summed E-state index contributed by atoms with van der Waals surface area (Å²) >= 11 is 0. The number of aryl methyl sites for hydroxylation is 1. The van der Waals surface area contributed by atoms with E-state index >= 15 is 0 Å². The number of methoxy groups -OCH3 is 1. The number of rotatable bonds is 7. The first-order valence-corrected chi connectivity index (χ1v) is 7.94. The summed E-state index contributed by atoms with van der Waals surface area (Å²) in [6, 6.07) is 0.0807. The van der Waals surface area contributed by atoms with Gasteiger partial charge < -0.3 is 10.1 Å². The monoisotopic (exact) mass is 293 g/mol. The fourth-order valence-electron chi connectivity index (χ4n) is 2.72. The average molecular weight is 293 g/mol. The van der Waals surface area contributed by atoms with Gasteiger partial charge in [-0.25, -0.2) is 0 Å². The molecule has 2 rings (SSSR count). The number of amides is 1. The third-order valence-electron chi connectivity index (χ3n) is 3.95. The topological polar surface area (TPSA) is 56.1 Å². The smallest absolute Gasteiger partial charge is 0.220 e. The largest absolute Gasteiger partial charge is 0.383 e. The first kappa shape index (κ1) is 16.0. The Labute approximate surface area is 127 Å². The van der Waals surface area contributed by atoms with Crippen molar-refractivity contribution in [2.75, 3.05) is 13.7 Å². The molecule has 1 aliphatic rings. The minimum Gasteiger partial charge on any atom is -0.383 e. The fourth-order valence-corrected chi connectivity index (χ4v) is 2.72. The van der Waals surface area contributed by atoms with E-state index in [0.717, 1.165) is 37.9 Å². The molecular formula is C16H27N3O2. The first-order chi connectivity index (χ1) is 10.1. The summed E-state index contributed by atoms with van der Waals surface area (Å²) in [6.45, 7) is 5.70. The molecule has 0 aromatic carbocycles. The fraction of sp³-hybridized carbons (Fsp3) is 0.750. The summed E-state index contributed by atoms with van der Waals surface area (Å²) in [5.74, 6) is 0.707. The third kappa shape index (κ3) is 4.56. The molecule has 5 heteroatoms. The highest BCUT2D eigenvalue weighted by Crippen LogP contribution is 2.28. The molecular weight excluding hydrogens is 266 g/mol. The van der Waals surface area contributed by atoms with E-state index in [9.17, 15) is 4.79 Å². The van der Waals surface area contributed by atoms with E-state index in [1.54, 1.807) is 7.11 Å². The second-order valence-electron chi connectivity index (χ2n) is 6.24. The Morgan fingerprint density at radius 1 is 1.57 bits per heavy atom. The van der Waals surface area contributed by atoms with E-state index in [1.807, 2.05) is 4.68 Å². The summed E-state index contributed by atoms with van der Waals surface area (Å²) in [6.07, 6.45) is 6.79. The Morgan fingerprint density at radius 2 is 2.38 bits per heavy atom. The van der Waals surface area contributed by atoms with Crippen LogP contribution >= 0.6 is 0 Å². The van der Waals surface area contributed by atoms with Crippen molar-refractivity contribution >= 4 is 5.91 Å². The molecule has 0 bridgehead atoms. The molecule has 0 saturated heterocycles. The van der Waals surface area contributed by atoms with Crippen molar-refractivity contribution in [1.29, 1.82) is 0 Å². The lowest BCUT2D eigenvalue weighted by Gasteiger charge is -2.22. The zero-order valence-corrected chi connectivity index (χ0v) is 13.4. The molecule has 1 N–H and O–H groups in total. The van der Waals surface area contributed by atoms with Crippen LogP contribution in [0.15, 0.2) is 6.20 Å². The Morgan fingerprint density at radius 3 is 3.10 bits per heavy atom. The molecule has 0 fully saturated rings. The number of aromatic nitrogens is 2. The Balaban J connectivity index is 1.97. The van der Waals surface area contributed by atoms with Crippen LogP contribution < -0.4 is 5.32 Å². The predicted molar refractivity (Wildman–Crippen MR) is 82.0 cm³/mol. The quantitative estimate of drug-likeness (QED) is 0.840. The molecule has 118 valence electrons. The number of nitrogens with zero attached hydrogens (tertiary/aromatic N) is 2. The molecule has 1 aromatic heterocycles. The van der Waals surface area contributed by atoms with Gasteiger partial charge >= 0.3 is 0 Å². The number of fused-ring (bicyclic) bond motifs is 1. The molecule has 21 heavy (non-hydrogen) atoms. The van der Waals surface area contributed by atoms with Crippen molar-refractivity contribution in [3.05, 3.63) is 17.5 Å². The minimum absolute atomic E-state index is 0.0807. The van der Waals surface area contributed by atoms with Crippen LogP contribution in [0.2, 0.25) is 0 Å². The summed E-state index contributed by atoms with van der Waals surface area (Å²) in [5.41, 5.74) is 2.32. The zero-order chi connectivity index (χ0) is 15.2. The maximum Gasteiger partial charge on any atom is 0.220 e. The summed E-state index contributed by atoms with van der Waals surface area (Å²) in [5, 5.41) is 7.79. The van der Waals surface area contributed by atoms with Crippen LogP contribution in [-0.2, 0) is 22.5 Å². The third-order valence-corrected chi connectivity index (χ3v) is 3.95. The van der Waals surface area contributed by atoms with E-state index in [2.05, 4.69) is 30.5 Å². The molecule has 1 aliphatic carbocycles. The standard InChI is InChI=1S/C16H27N3O2/c1-12(2)7-8-15(20)17-14-6-4-5-13-11-19(9-10-21-3)18-16(13)14/h11-12,14H,4-10H2,1-3H3,(H,17,20)/t14-/m1/s1. The van der Waals surface area contributed by atoms with Crippen LogP contribution in [0.5, 0.6) is 0 Å². The minimum atomic E-state index is 0.0807. The number of hydrogen-bond acceptors (Lipinski definition) is 3. The maximum atomic E-state index is 12.0. The lowest BCUT2D eigenvalue weighted by Crippen LogP contribution is -2.31. The second kappa shape index (κ2) is 7.59. The van der Waals surface area contributed by atoms with Crippen molar-refractivity contribution in [3.8, 4) is 0 Å². The van der Waals surface area contributed by atoms with Gasteiger partial charge in [0.2, 0.25) is 5.91 Å². The van der Waals surface area contributed by atoms with Gasteiger partial charge in [0, 0.05) is 19.7 Å². The number of hydrogen-bond donors (Lipinski definition) is 1. The van der Waals surface area contributed by atoms with E-state index in [0.29, 0.717) is 18.9 Å². The highest BCUT2D eigenvalue weighted by Gasteiger charge is 2.25. The highest BCUT2D eigenvalue weighted by atomic mass is 16.5. The average Bonchev–Trinajstić information content (AvgIpc) is 2.87. The second-order valence-corrected chi connectivity index (χ2v) is 6.24. The molecule has 1 atom stereocenters. The van der Waals surface area contributed by atoms with E-state index in [-0.39, 0.29) is 11.9 Å². The SMILES string of the molecule is COCCn1cc2c(n1)[C@H](NC(=O)CCC(C)C)CCC2. The van der Waals surface area contributed by atoms with Crippen LogP contribution in [0.4, 0.5) is 0 Å². The lowest BCUT2D eigenvalue weighted by atomic mass is 9.93. The van der Waals surface area contributed by atoms with Crippen LogP contribution in [0.25, 0.3) is 0 Å². The Bertz CT molecular complexity index is 468. The molecule has 5 nitrogen and oxygen atoms in total. The lowest BCUT2D eigenvalue weighted by molar-refractivity contribution is -0.122. The zero-order valence-electron chi connectivity index (χ0n) is 13.4. The normalized spacial score (nSPS) is 17.8. The van der Waals surface area contributed by atoms with Crippen LogP contribution in [-0.4, -0.2) is 29.4 Å². The predicted octanol–water partition coefficient (Wildman–Crippen LogP) is 2.46. The molecule has 1 heterocycles. The Kier molecular flexibility index (Phi) is 5.79. The van der Waals surface area contributed by atoms with Gasteiger partial charge in [0.1, 0.15) is 0 Å². The van der Waals surface area contributed by atoms with Gasteiger partial charge in [0.05, 0.1) is 24.9 Å². The molecule has 0 spiro atoms. The molecule has 0 radical (unpaired) electrons. The molecule has 0 unspecified atom stereocenters. The first-order valence-electron chi connectivity index (χ1n) is 7.94. The van der Waals surface area contributed by atoms with Crippen LogP contribution in [0.1, 0.15) is 56.8 Å². The van der Waals surface area contributed by atoms with Crippen molar-refractivity contribution in [3.63, 3.8) is 0 Å². The van der Waals surface area contributed by atoms with Gasteiger partial charge in [-0.15, -0.1) is 0 Å². The van der Waals surface area contributed by atoms with Crippen molar-refractivity contribution in [2.24, 2.45) is 5.92 Å². The van der Waals surface area contributed by atoms with Crippen LogP contribution in [0, 0.1) is 5.92 Å². The van der Waals surface area contributed by atoms with E-state index in [1.165, 1.54) is 5.56 Å². The van der Waals surface area contributed by atoms with Gasteiger partial charge in [0.25, 0.3) is 0 Å². The van der Waals surface area contributed by atoms with Crippen molar-refractivity contribution in [1.82, 2.24) is 15.1 Å². The molecule has 0 saturated carbocycles. The van der Waals surface area contributed by atoms with Crippen molar-refractivity contribution < 1.29 is 9.53 Å². The summed E-state index contributed by atoms with van der Waals surface area (Å²) in [7, 11) is 1.70. The van der Waals surface area contributed by atoms with Gasteiger partial charge in [0.15, 0.2) is 0 Å². The van der Waals surface area contributed by atoms with Gasteiger partial charge in [-0.3, -0.25) is 9.48 Å². The van der Waals surface area contributed by atoms with Gasteiger partial charge in [-0.2, -0.15) is 5.10 Å². The summed E-state index contributed by atoms with van der Waals surface area (Å²) < 4.78 is 7.03. The highest BCUT2D eigenvalue weighted by molar-refractivity contribution is 5.76. The number of carbonyl (C=O) groups excluding carboxylic acids is 1. The van der Waals surface area contributed by atoms with Crippen molar-refractivity contribution in [2.45, 2.75) is 58.5 Å². The van der Waals surface area contributed by atoms with Crippen LogP contribution in [0.3, 0.4) is 0 Å². The number of ether oxygens (including phenoxy) is 1. The Hall–Kier alpha value is -1.36. The molecule has 1 aromatic rings. The number of nitrogens with one attached hydrogen (secondary N) is 1. The maximum absolute atomic E-state index is 12.0. The molecule has 0 aliphatic heterocycles. The molecule has 1 amide bonds. The van der Waals surface area contributed by atoms with Gasteiger partial charge in [-0.05, 0) is 37.2 Å².